The first-order valence-electron chi connectivity index (χ1n) is 12.8. The van der Waals surface area contributed by atoms with Crippen molar-refractivity contribution in [3.63, 3.8) is 0 Å². The minimum atomic E-state index is -3.97. The molecule has 19 heteroatoms. The van der Waals surface area contributed by atoms with Crippen LogP contribution in [0.2, 0.25) is 0 Å². The summed E-state index contributed by atoms with van der Waals surface area (Å²) in [5.74, 6) is 0.279. The Morgan fingerprint density at radius 2 is 2.02 bits per heavy atom. The molecule has 3 fully saturated rings. The Morgan fingerprint density at radius 3 is 2.88 bits per heavy atom. The maximum absolute atomic E-state index is 15.8. The first-order valence-corrected chi connectivity index (χ1v) is 16.8. The summed E-state index contributed by atoms with van der Waals surface area (Å²) in [6, 6.07) is 1.84. The molecule has 0 aliphatic carbocycles. The van der Waals surface area contributed by atoms with Crippen molar-refractivity contribution in [3.05, 3.63) is 35.3 Å². The number of H-pyrrole nitrogens is 1. The van der Waals surface area contributed by atoms with Gasteiger partial charge in [0.15, 0.2) is 23.6 Å². The molecule has 2 bridgehead atoms. The molecule has 15 nitrogen and oxygen atoms in total. The van der Waals surface area contributed by atoms with Crippen molar-refractivity contribution in [2.75, 3.05) is 30.4 Å². The number of halogens is 1. The maximum Gasteiger partial charge on any atom is 0.325 e. The molecule has 3 saturated heterocycles. The Morgan fingerprint density at radius 1 is 1.17 bits per heavy atom. The third-order valence-corrected chi connectivity index (χ3v) is 10.7. The van der Waals surface area contributed by atoms with E-state index in [-0.39, 0.29) is 35.9 Å². The van der Waals surface area contributed by atoms with Crippen molar-refractivity contribution in [2.45, 2.75) is 43.4 Å². The van der Waals surface area contributed by atoms with Gasteiger partial charge in [0.2, 0.25) is 5.95 Å². The largest absolute Gasteiger partial charge is 0.383 e. The molecule has 0 radical (unpaired) electrons. The van der Waals surface area contributed by atoms with E-state index in [4.69, 9.17) is 41.8 Å². The number of rotatable bonds is 2. The van der Waals surface area contributed by atoms with E-state index >= 15 is 4.39 Å². The van der Waals surface area contributed by atoms with Crippen molar-refractivity contribution in [1.29, 1.82) is 0 Å². The lowest BCUT2D eigenvalue weighted by atomic mass is 10.0. The standard InChI is InChI=1S/C22H26FN9O6P2S/c23-14-12-6-39-5-9-3-13(31-2-1-10-17(24)26-7-27-18(10)31)36-11(9)4-35-40(34,41)38-16(14)21(37-12)32-8-28-15-19(32)29-22(25)30-20(15)33/h1-2,7-9,11-14,16,21,39H,3-6H2,(H,34,41)(H2,24,26,27)(H3,25,29,30,33)/t9-,11-,12?,13-,14-,16-,21-,40?/m1/s1. The van der Waals surface area contributed by atoms with Gasteiger partial charge in [-0.3, -0.25) is 18.9 Å². The number of ether oxygens (including phenoxy) is 2. The van der Waals surface area contributed by atoms with Gasteiger partial charge < -0.3 is 34.9 Å². The maximum atomic E-state index is 15.8. The molecule has 0 aromatic carbocycles. The Kier molecular flexibility index (Phi) is 6.83. The minimum Gasteiger partial charge on any atom is -0.383 e. The molecular weight excluding hydrogens is 599 g/mol. The molecule has 3 unspecified atom stereocenters. The lowest BCUT2D eigenvalue weighted by molar-refractivity contribution is -0.0379. The molecule has 3 aliphatic rings. The van der Waals surface area contributed by atoms with Gasteiger partial charge in [-0.1, -0.05) is 0 Å². The van der Waals surface area contributed by atoms with Gasteiger partial charge in [-0.25, -0.2) is 19.3 Å². The van der Waals surface area contributed by atoms with Crippen LogP contribution in [0, 0.1) is 5.92 Å². The van der Waals surface area contributed by atoms with Crippen LogP contribution < -0.4 is 17.0 Å². The minimum absolute atomic E-state index is 0.00373. The summed E-state index contributed by atoms with van der Waals surface area (Å²) in [4.78, 5) is 42.3. The molecule has 41 heavy (non-hydrogen) atoms. The normalized spacial score (nSPS) is 35.0. The van der Waals surface area contributed by atoms with Crippen LogP contribution in [0.25, 0.3) is 22.2 Å². The topological polar surface area (TPSA) is 203 Å². The predicted octanol–water partition coefficient (Wildman–Crippen LogP) is 1.18. The zero-order chi connectivity index (χ0) is 28.5. The highest BCUT2D eigenvalue weighted by molar-refractivity contribution is 8.07. The number of alkyl halides is 1. The highest BCUT2D eigenvalue weighted by atomic mass is 32.5. The smallest absolute Gasteiger partial charge is 0.325 e. The van der Waals surface area contributed by atoms with Gasteiger partial charge in [0.25, 0.3) is 5.56 Å². The molecule has 6 N–H and O–H groups in total. The van der Waals surface area contributed by atoms with Crippen LogP contribution in [-0.4, -0.2) is 82.4 Å². The zero-order valence-electron chi connectivity index (χ0n) is 21.2. The van der Waals surface area contributed by atoms with E-state index in [0.29, 0.717) is 32.6 Å². The van der Waals surface area contributed by atoms with Crippen LogP contribution in [0.5, 0.6) is 0 Å². The van der Waals surface area contributed by atoms with Crippen molar-refractivity contribution in [2.24, 2.45) is 5.92 Å². The van der Waals surface area contributed by atoms with Crippen molar-refractivity contribution < 1.29 is 27.8 Å². The van der Waals surface area contributed by atoms with Gasteiger partial charge in [0.05, 0.1) is 30.5 Å². The molecule has 9 atom stereocenters. The van der Waals surface area contributed by atoms with Crippen molar-refractivity contribution in [1.82, 2.24) is 34.1 Å². The highest BCUT2D eigenvalue weighted by Gasteiger charge is 2.50. The third kappa shape index (κ3) is 4.83. The summed E-state index contributed by atoms with van der Waals surface area (Å²) in [6.07, 6.45) is 0.618. The predicted molar refractivity (Wildman–Crippen MR) is 151 cm³/mol. The number of imidazole rings is 1. The number of anilines is 2. The average Bonchev–Trinajstić information content (AvgIpc) is 3.69. The van der Waals surface area contributed by atoms with Crippen LogP contribution in [-0.2, 0) is 30.3 Å². The first-order chi connectivity index (χ1) is 19.7. The van der Waals surface area contributed by atoms with Crippen LogP contribution in [0.1, 0.15) is 18.9 Å². The van der Waals surface area contributed by atoms with Crippen LogP contribution in [0.3, 0.4) is 0 Å². The monoisotopic (exact) mass is 625 g/mol. The number of hydrogen-bond donors (Lipinski definition) is 4. The summed E-state index contributed by atoms with van der Waals surface area (Å²) in [5.41, 5.74) is 11.9. The second kappa shape index (κ2) is 10.3. The summed E-state index contributed by atoms with van der Waals surface area (Å²) < 4.78 is 43.1. The molecule has 3 aliphatic heterocycles. The molecule has 218 valence electrons. The summed E-state index contributed by atoms with van der Waals surface area (Å²) in [7, 11) is 0.337. The molecule has 0 amide bonds. The quantitative estimate of drug-likeness (QED) is 0.231. The Labute approximate surface area is 237 Å². The van der Waals surface area contributed by atoms with Gasteiger partial charge in [-0.15, -0.1) is 8.58 Å². The van der Waals surface area contributed by atoms with Crippen molar-refractivity contribution >= 4 is 61.1 Å². The number of fused-ring (bicyclic) bond motifs is 5. The van der Waals surface area contributed by atoms with Gasteiger partial charge in [0, 0.05) is 6.20 Å². The molecule has 4 aromatic rings. The van der Waals surface area contributed by atoms with Crippen LogP contribution in [0.4, 0.5) is 16.2 Å². The van der Waals surface area contributed by atoms with Crippen LogP contribution in [0.15, 0.2) is 29.7 Å². The van der Waals surface area contributed by atoms with E-state index in [9.17, 15) is 9.69 Å². The van der Waals surface area contributed by atoms with E-state index < -0.39 is 43.0 Å². The van der Waals surface area contributed by atoms with E-state index in [2.05, 4.69) is 24.9 Å². The molecule has 0 saturated carbocycles. The number of nitrogens with zero attached hydrogens (tertiary/aromatic N) is 6. The van der Waals surface area contributed by atoms with Gasteiger partial charge in [-0.2, -0.15) is 4.98 Å². The Bertz CT molecular complexity index is 1740. The summed E-state index contributed by atoms with van der Waals surface area (Å²) in [5, 5.41) is 0.726. The third-order valence-electron chi connectivity index (χ3n) is 7.61. The fourth-order valence-electron chi connectivity index (χ4n) is 5.66. The fourth-order valence-corrected chi connectivity index (χ4v) is 8.64. The van der Waals surface area contributed by atoms with E-state index in [1.807, 2.05) is 16.8 Å². The molecule has 0 spiro atoms. The average molecular weight is 626 g/mol. The molecule has 4 aromatic heterocycles. The molecule has 7 rings (SSSR count). The lowest BCUT2D eigenvalue weighted by Crippen LogP contribution is -2.32. The molecular formula is C22H26FN9O6P2S. The Balaban J connectivity index is 1.15. The van der Waals surface area contributed by atoms with E-state index in [1.54, 1.807) is 0 Å². The zero-order valence-corrected chi connectivity index (χ0v) is 24.0. The van der Waals surface area contributed by atoms with Crippen LogP contribution >= 0.6 is 15.3 Å². The first kappa shape index (κ1) is 27.2. The SMILES string of the molecule is Nc1nc2c(ncn2[C@@H]2OC3CPC[C@H]4C[C@H](n5ccc6c(N)ncnc65)O[C@@H]4COP(O)(=S)O[C@@H]2[C@@H]3F)c(=O)[nH]1. The highest BCUT2D eigenvalue weighted by Crippen LogP contribution is 2.52. The van der Waals surface area contributed by atoms with Gasteiger partial charge in [0.1, 0.15) is 30.1 Å². The fraction of sp³-hybridized carbons (Fsp3) is 0.500. The number of hydrogen-bond acceptors (Lipinski definition) is 12. The second-order valence-electron chi connectivity index (χ2n) is 10.1. The van der Waals surface area contributed by atoms with Gasteiger partial charge in [-0.05, 0) is 42.5 Å². The Hall–Kier alpha value is -2.62. The number of nitrogen functional groups attached to an aromatic ring is 2. The second-order valence-corrected chi connectivity index (χ2v) is 14.2. The number of aromatic nitrogens is 7. The lowest BCUT2D eigenvalue weighted by Gasteiger charge is -2.27. The summed E-state index contributed by atoms with van der Waals surface area (Å²) >= 11 is 5.30. The number of nitrogens with two attached hydrogens (primary N) is 2. The summed E-state index contributed by atoms with van der Waals surface area (Å²) in [6.45, 7) is -4.02. The van der Waals surface area contributed by atoms with Crippen molar-refractivity contribution in [3.8, 4) is 0 Å². The van der Waals surface area contributed by atoms with E-state index in [0.717, 1.165) is 11.5 Å². The van der Waals surface area contributed by atoms with Gasteiger partial charge >= 0.3 is 6.72 Å². The van der Waals surface area contributed by atoms with E-state index in [1.165, 1.54) is 17.2 Å². The number of aromatic amines is 1. The number of nitrogens with one attached hydrogen (secondary N) is 1. The molecule has 7 heterocycles.